The van der Waals surface area contributed by atoms with Crippen molar-refractivity contribution in [1.82, 2.24) is 10.0 Å². The minimum absolute atomic E-state index is 0.00428. The van der Waals surface area contributed by atoms with Gasteiger partial charge in [0, 0.05) is 42.7 Å². The van der Waals surface area contributed by atoms with Crippen LogP contribution in [0, 0.1) is 0 Å². The normalized spacial score (nSPS) is 14.2. The number of hydrogen-bond acceptors (Lipinski definition) is 13. The van der Waals surface area contributed by atoms with Gasteiger partial charge >= 0.3 is 5.97 Å². The first-order valence-electron chi connectivity index (χ1n) is 12.5. The lowest BCUT2D eigenvalue weighted by molar-refractivity contribution is -0.196. The quantitative estimate of drug-likeness (QED) is 0.118. The van der Waals surface area contributed by atoms with Gasteiger partial charge < -0.3 is 9.74 Å². The summed E-state index contributed by atoms with van der Waals surface area (Å²) in [5, 5.41) is 8.94. The zero-order valence-electron chi connectivity index (χ0n) is 21.8. The summed E-state index contributed by atoms with van der Waals surface area (Å²) in [4.78, 5) is 46.6. The zero-order chi connectivity index (χ0) is 30.0. The van der Waals surface area contributed by atoms with Crippen molar-refractivity contribution in [1.29, 1.82) is 0 Å². The van der Waals surface area contributed by atoms with Gasteiger partial charge in [-0.2, -0.15) is 16.8 Å². The molecule has 3 rings (SSSR count). The molecule has 224 valence electrons. The van der Waals surface area contributed by atoms with Crippen LogP contribution >= 0.6 is 11.3 Å². The minimum Gasteiger partial charge on any atom is -0.372 e. The third-order valence-corrected chi connectivity index (χ3v) is 8.18. The predicted molar refractivity (Wildman–Crippen MR) is 147 cm³/mol. The number of nitrogens with zero attached hydrogens (tertiary/aromatic N) is 5. The molecule has 0 unspecified atom stereocenters. The maximum atomic E-state index is 12.1. The van der Waals surface area contributed by atoms with Crippen molar-refractivity contribution in [3.05, 3.63) is 35.3 Å². The summed E-state index contributed by atoms with van der Waals surface area (Å²) < 4.78 is 61.8. The molecule has 2 aromatic rings. The van der Waals surface area contributed by atoms with Crippen LogP contribution in [-0.4, -0.2) is 78.4 Å². The number of imide groups is 1. The Kier molecular flexibility index (Phi) is 11.4. The monoisotopic (exact) mass is 631 g/mol. The molecule has 1 aliphatic rings. The Labute approximate surface area is 240 Å². The fourth-order valence-electron chi connectivity index (χ4n) is 3.73. The fourth-order valence-corrected chi connectivity index (χ4v) is 5.59. The van der Waals surface area contributed by atoms with Gasteiger partial charge in [-0.1, -0.05) is 11.3 Å². The van der Waals surface area contributed by atoms with Crippen molar-refractivity contribution in [2.75, 3.05) is 29.5 Å². The van der Waals surface area contributed by atoms with Crippen LogP contribution in [0.5, 0.6) is 0 Å². The van der Waals surface area contributed by atoms with E-state index in [0.717, 1.165) is 17.0 Å². The van der Waals surface area contributed by atoms with E-state index in [-0.39, 0.29) is 48.7 Å². The zero-order valence-corrected chi connectivity index (χ0v) is 24.2. The van der Waals surface area contributed by atoms with Crippen molar-refractivity contribution >= 4 is 65.9 Å². The van der Waals surface area contributed by atoms with Crippen LogP contribution in [0.2, 0.25) is 0 Å². The van der Waals surface area contributed by atoms with Crippen LogP contribution in [-0.2, 0) is 45.9 Å². The highest BCUT2D eigenvalue weighted by atomic mass is 32.2. The largest absolute Gasteiger partial charge is 0.372 e. The lowest BCUT2D eigenvalue weighted by atomic mass is 10.2. The summed E-state index contributed by atoms with van der Waals surface area (Å²) in [6.45, 7) is 0.902. The Balaban J connectivity index is 1.56. The van der Waals surface area contributed by atoms with Crippen LogP contribution in [0.3, 0.4) is 0 Å². The van der Waals surface area contributed by atoms with Gasteiger partial charge in [-0.05, 0) is 49.9 Å². The van der Waals surface area contributed by atoms with Crippen LogP contribution in [0.1, 0.15) is 43.4 Å². The Morgan fingerprint density at radius 3 is 2.02 bits per heavy atom. The number of hydrogen-bond donors (Lipinski definition) is 2. The second kappa shape index (κ2) is 14.5. The van der Waals surface area contributed by atoms with Gasteiger partial charge in [-0.15, -0.1) is 15.3 Å². The highest BCUT2D eigenvalue weighted by Gasteiger charge is 2.32. The molecule has 0 atom stereocenters. The molecule has 41 heavy (non-hydrogen) atoms. The Bertz CT molecular complexity index is 1420. The second-order valence-electron chi connectivity index (χ2n) is 9.02. The molecule has 0 spiro atoms. The van der Waals surface area contributed by atoms with E-state index in [9.17, 15) is 31.2 Å². The van der Waals surface area contributed by atoms with E-state index in [0.29, 0.717) is 41.6 Å². The molecule has 2 amide bonds. The Morgan fingerprint density at radius 1 is 0.927 bits per heavy atom. The van der Waals surface area contributed by atoms with Gasteiger partial charge in [0.05, 0.1) is 23.6 Å². The summed E-state index contributed by atoms with van der Waals surface area (Å²) in [5.41, 5.74) is 1.27. The number of thiazole rings is 1. The fraction of sp³-hybridized carbons (Fsp3) is 0.478. The molecule has 2 heterocycles. The first-order chi connectivity index (χ1) is 19.3. The highest BCUT2D eigenvalue weighted by Crippen LogP contribution is 2.26. The molecule has 1 fully saturated rings. The summed E-state index contributed by atoms with van der Waals surface area (Å²) in [5.74, 6) is -2.63. The topological polar surface area (TPSA) is 213 Å². The van der Waals surface area contributed by atoms with Gasteiger partial charge in [-0.3, -0.25) is 18.7 Å². The van der Waals surface area contributed by atoms with Gasteiger partial charge in [0.2, 0.25) is 5.13 Å². The number of carbonyl (C=O) groups is 3. The van der Waals surface area contributed by atoms with Crippen LogP contribution in [0.4, 0.5) is 16.5 Å². The molecule has 1 aromatic carbocycles. The van der Waals surface area contributed by atoms with Gasteiger partial charge in [0.15, 0.2) is 0 Å². The number of benzene rings is 1. The summed E-state index contributed by atoms with van der Waals surface area (Å²) in [6.07, 6.45) is 2.63. The van der Waals surface area contributed by atoms with Gasteiger partial charge in [0.1, 0.15) is 0 Å². The van der Waals surface area contributed by atoms with Crippen LogP contribution in [0.15, 0.2) is 40.7 Å². The second-order valence-corrected chi connectivity index (χ2v) is 13.3. The predicted octanol–water partition coefficient (Wildman–Crippen LogP) is 2.85. The molecule has 1 aromatic heterocycles. The molecule has 1 aliphatic heterocycles. The number of hydroxylamine groups is 2. The molecular formula is C23H29N5O10S3. The van der Waals surface area contributed by atoms with E-state index in [1.807, 2.05) is 4.90 Å². The summed E-state index contributed by atoms with van der Waals surface area (Å²) in [6, 6.07) is 6.92. The number of azo groups is 1. The van der Waals surface area contributed by atoms with E-state index in [1.54, 1.807) is 24.3 Å². The lowest BCUT2D eigenvalue weighted by Crippen LogP contribution is -2.32. The molecule has 15 nitrogen and oxygen atoms in total. The van der Waals surface area contributed by atoms with Crippen molar-refractivity contribution in [3.63, 3.8) is 0 Å². The van der Waals surface area contributed by atoms with E-state index in [1.165, 1.54) is 6.20 Å². The number of unbranched alkanes of at least 4 members (excludes halogenated alkanes) is 2. The molecular weight excluding hydrogens is 602 g/mol. The third kappa shape index (κ3) is 11.6. The lowest BCUT2D eigenvalue weighted by Gasteiger charge is -2.25. The molecule has 0 aliphatic carbocycles. The molecule has 0 bridgehead atoms. The molecule has 0 radical (unpaired) electrons. The SMILES string of the molecule is O=C(Cc1cnc(N=Nc2ccc(N(CCCCS(=O)(=O)O)CCCCS(=O)(=O)O)cc2)s1)ON1C(=O)CCC1=O. The Hall–Kier alpha value is -3.32. The van der Waals surface area contributed by atoms with Crippen molar-refractivity contribution in [2.24, 2.45) is 10.2 Å². The third-order valence-electron chi connectivity index (χ3n) is 5.69. The number of anilines is 1. The average Bonchev–Trinajstić information content (AvgIpc) is 3.46. The Morgan fingerprint density at radius 2 is 1.49 bits per heavy atom. The molecule has 1 saturated heterocycles. The van der Waals surface area contributed by atoms with Crippen LogP contribution in [0.25, 0.3) is 0 Å². The maximum Gasteiger partial charge on any atom is 0.338 e. The highest BCUT2D eigenvalue weighted by molar-refractivity contribution is 7.86. The van der Waals surface area contributed by atoms with Crippen molar-refractivity contribution in [2.45, 2.75) is 44.9 Å². The van der Waals surface area contributed by atoms with Crippen LogP contribution < -0.4 is 4.90 Å². The van der Waals surface area contributed by atoms with E-state index in [2.05, 4.69) is 15.2 Å². The minimum atomic E-state index is -4.06. The van der Waals surface area contributed by atoms with Crippen molar-refractivity contribution in [3.8, 4) is 0 Å². The van der Waals surface area contributed by atoms with Gasteiger partial charge in [-0.25, -0.2) is 9.78 Å². The van der Waals surface area contributed by atoms with E-state index in [4.69, 9.17) is 13.9 Å². The van der Waals surface area contributed by atoms with E-state index < -0.39 is 38.0 Å². The molecule has 2 N–H and O–H groups in total. The molecule has 18 heteroatoms. The number of carbonyl (C=O) groups excluding carboxylic acids is 3. The summed E-state index contributed by atoms with van der Waals surface area (Å²) >= 11 is 1.08. The van der Waals surface area contributed by atoms with Gasteiger partial charge in [0.25, 0.3) is 32.1 Å². The first kappa shape index (κ1) is 32.2. The average molecular weight is 632 g/mol. The number of aromatic nitrogens is 1. The van der Waals surface area contributed by atoms with E-state index >= 15 is 0 Å². The summed E-state index contributed by atoms with van der Waals surface area (Å²) in [7, 11) is -8.12. The first-order valence-corrected chi connectivity index (χ1v) is 16.5. The number of amides is 2. The smallest absolute Gasteiger partial charge is 0.338 e. The number of rotatable bonds is 16. The standard InChI is InChI=1S/C23H29N5O10S3/c29-20-9-10-21(30)28(20)38-22(31)15-19-16-24-23(39-19)26-25-17-5-7-18(8-6-17)27(11-1-3-13-40(32,33)34)12-2-4-14-41(35,36)37/h5-8,16H,1-4,9-15H2,(H,32,33,34)(H,35,36,37). The van der Waals surface area contributed by atoms with Crippen molar-refractivity contribution < 1.29 is 45.2 Å². The maximum absolute atomic E-state index is 12.1. The molecule has 0 saturated carbocycles.